The number of aliphatic hydroxyl groups excluding tert-OH is 1. The van der Waals surface area contributed by atoms with E-state index in [1.165, 1.54) is 54.7 Å². The van der Waals surface area contributed by atoms with Gasteiger partial charge in [0.05, 0.1) is 6.61 Å². The number of rotatable bonds is 8. The van der Waals surface area contributed by atoms with Gasteiger partial charge in [0.1, 0.15) is 16.8 Å². The largest absolute Gasteiger partial charge is 0.743 e. The molecule has 0 aliphatic heterocycles. The summed E-state index contributed by atoms with van der Waals surface area (Å²) in [7, 11) is -5.54. The first-order valence-electron chi connectivity index (χ1n) is 10.5. The van der Waals surface area contributed by atoms with Crippen LogP contribution in [0, 0.1) is 0 Å². The van der Waals surface area contributed by atoms with E-state index in [1.54, 1.807) is 0 Å². The third-order valence-electron chi connectivity index (χ3n) is 5.27. The third kappa shape index (κ3) is 8.10. The Balaban J connectivity index is 0.000000282. The van der Waals surface area contributed by atoms with Gasteiger partial charge in [-0.05, 0) is 36.6 Å². The fraction of sp³-hybridized carbons (Fsp3) is 0.478. The summed E-state index contributed by atoms with van der Waals surface area (Å²) in [5, 5.41) is 3.67. The van der Waals surface area contributed by atoms with Gasteiger partial charge in [-0.1, -0.05) is 67.1 Å². The Hall–Kier alpha value is -1.55. The highest BCUT2D eigenvalue weighted by Crippen LogP contribution is 2.30. The summed E-state index contributed by atoms with van der Waals surface area (Å²) in [4.78, 5) is 0. The Bertz CT molecular complexity index is 848. The smallest absolute Gasteiger partial charge is 0.367 e. The standard InChI is InChI=1S/C20H25S.C3H5F3O4S/c1-4-10-18(11-5-1)16-21(20-14-8-3-9-15-20)17-19-12-6-2-7-13-19;4-2(1-7)3(5,6)11(8,9)10/h1-2,4-7,10-13,20H,3,8-9,14-17H2;2,7H,1H2,(H,8,9,10)/q+1;/p-1. The topological polar surface area (TPSA) is 77.4 Å². The van der Waals surface area contributed by atoms with Crippen LogP contribution in [0.15, 0.2) is 60.7 Å². The molecule has 32 heavy (non-hydrogen) atoms. The number of hydrogen-bond donors (Lipinski definition) is 1. The van der Waals surface area contributed by atoms with E-state index in [0.29, 0.717) is 10.9 Å². The highest BCUT2D eigenvalue weighted by atomic mass is 32.2. The number of hydrogen-bond acceptors (Lipinski definition) is 4. The summed E-state index contributed by atoms with van der Waals surface area (Å²) in [5.41, 5.74) is 3.03. The number of benzene rings is 2. The van der Waals surface area contributed by atoms with Gasteiger partial charge in [0.15, 0.2) is 16.3 Å². The average molecular weight is 491 g/mol. The molecule has 1 saturated carbocycles. The summed E-state index contributed by atoms with van der Waals surface area (Å²) in [6.07, 6.45) is 3.86. The normalized spacial score (nSPS) is 16.3. The molecule has 9 heteroatoms. The fourth-order valence-corrected chi connectivity index (χ4v) is 6.73. The molecule has 1 aliphatic rings. The second kappa shape index (κ2) is 12.6. The Kier molecular flexibility index (Phi) is 10.5. The van der Waals surface area contributed by atoms with Crippen molar-refractivity contribution in [3.63, 3.8) is 0 Å². The predicted octanol–water partition coefficient (Wildman–Crippen LogP) is 4.79. The summed E-state index contributed by atoms with van der Waals surface area (Å²) >= 11 is 0. The Morgan fingerprint density at radius 3 is 1.72 bits per heavy atom. The SMILES string of the molecule is O=S(=O)([O-])C(F)(F)C(F)CO.c1ccc(C[S+](Cc2ccccc2)C2CCCCC2)cc1. The quantitative estimate of drug-likeness (QED) is 0.426. The second-order valence-electron chi connectivity index (χ2n) is 7.72. The Morgan fingerprint density at radius 1 is 0.938 bits per heavy atom. The van der Waals surface area contributed by atoms with E-state index in [0.717, 1.165) is 5.25 Å². The maximum atomic E-state index is 11.9. The van der Waals surface area contributed by atoms with Gasteiger partial charge in [0, 0.05) is 11.1 Å². The van der Waals surface area contributed by atoms with E-state index in [-0.39, 0.29) is 0 Å². The van der Waals surface area contributed by atoms with Crippen LogP contribution in [0.1, 0.15) is 43.2 Å². The molecule has 1 unspecified atom stereocenters. The van der Waals surface area contributed by atoms with Gasteiger partial charge in [0.25, 0.3) is 0 Å². The maximum absolute atomic E-state index is 11.9. The first-order chi connectivity index (χ1) is 15.1. The molecule has 1 atom stereocenters. The summed E-state index contributed by atoms with van der Waals surface area (Å²) in [6.45, 7) is -1.71. The lowest BCUT2D eigenvalue weighted by Gasteiger charge is -2.23. The van der Waals surface area contributed by atoms with Crippen LogP contribution in [-0.2, 0) is 32.5 Å². The van der Waals surface area contributed by atoms with Gasteiger partial charge < -0.3 is 9.66 Å². The van der Waals surface area contributed by atoms with Crippen molar-refractivity contribution in [2.75, 3.05) is 6.61 Å². The molecule has 4 nitrogen and oxygen atoms in total. The second-order valence-corrected chi connectivity index (χ2v) is 11.5. The van der Waals surface area contributed by atoms with Crippen LogP contribution in [0.3, 0.4) is 0 Å². The molecule has 0 heterocycles. The summed E-state index contributed by atoms with van der Waals surface area (Å²) in [6, 6.07) is 22.2. The molecule has 0 spiro atoms. The zero-order valence-electron chi connectivity index (χ0n) is 17.7. The van der Waals surface area contributed by atoms with Crippen LogP contribution < -0.4 is 0 Å². The first kappa shape index (κ1) is 26.7. The first-order valence-corrected chi connectivity index (χ1v) is 13.5. The monoisotopic (exact) mass is 490 g/mol. The molecule has 3 rings (SSSR count). The van der Waals surface area contributed by atoms with Crippen molar-refractivity contribution in [3.8, 4) is 0 Å². The van der Waals surface area contributed by atoms with Crippen molar-refractivity contribution >= 4 is 21.0 Å². The molecule has 0 aromatic heterocycles. The maximum Gasteiger partial charge on any atom is 0.367 e. The predicted molar refractivity (Wildman–Crippen MR) is 121 cm³/mol. The molecule has 178 valence electrons. The molecule has 0 radical (unpaired) electrons. The van der Waals surface area contributed by atoms with E-state index < -0.39 is 28.2 Å². The molecule has 0 saturated heterocycles. The van der Waals surface area contributed by atoms with Crippen molar-refractivity contribution in [2.24, 2.45) is 0 Å². The summed E-state index contributed by atoms with van der Waals surface area (Å²) < 4.78 is 64.4. The average Bonchev–Trinajstić information content (AvgIpc) is 2.80. The van der Waals surface area contributed by atoms with Crippen molar-refractivity contribution in [2.45, 2.75) is 60.3 Å². The van der Waals surface area contributed by atoms with Crippen LogP contribution in [0.5, 0.6) is 0 Å². The van der Waals surface area contributed by atoms with E-state index in [9.17, 15) is 26.1 Å². The molecule has 1 fully saturated rings. The minimum absolute atomic E-state index is 0.487. The van der Waals surface area contributed by atoms with Crippen molar-refractivity contribution < 1.29 is 31.2 Å². The fourth-order valence-electron chi connectivity index (χ4n) is 3.52. The van der Waals surface area contributed by atoms with Gasteiger partial charge in [0.2, 0.25) is 0 Å². The molecule has 2 aromatic carbocycles. The zero-order chi connectivity index (χ0) is 23.6. The molecular formula is C23H29F3O4S2. The molecule has 1 N–H and O–H groups in total. The minimum Gasteiger partial charge on any atom is -0.743 e. The van der Waals surface area contributed by atoms with Crippen LogP contribution in [0.4, 0.5) is 13.2 Å². The van der Waals surface area contributed by atoms with Gasteiger partial charge in [-0.3, -0.25) is 0 Å². The van der Waals surface area contributed by atoms with Gasteiger partial charge >= 0.3 is 5.25 Å². The van der Waals surface area contributed by atoms with Crippen molar-refractivity contribution in [3.05, 3.63) is 71.8 Å². The van der Waals surface area contributed by atoms with Crippen molar-refractivity contribution in [1.82, 2.24) is 0 Å². The van der Waals surface area contributed by atoms with Crippen LogP contribution in [0.25, 0.3) is 0 Å². The number of alkyl halides is 3. The van der Waals surface area contributed by atoms with Gasteiger partial charge in [-0.25, -0.2) is 12.8 Å². The lowest BCUT2D eigenvalue weighted by molar-refractivity contribution is -0.0273. The Morgan fingerprint density at radius 2 is 1.38 bits per heavy atom. The highest BCUT2D eigenvalue weighted by Gasteiger charge is 2.46. The molecular weight excluding hydrogens is 461 g/mol. The van der Waals surface area contributed by atoms with Gasteiger partial charge in [-0.15, -0.1) is 0 Å². The Labute approximate surface area is 191 Å². The zero-order valence-corrected chi connectivity index (χ0v) is 19.3. The minimum atomic E-state index is -6.03. The molecule has 0 amide bonds. The van der Waals surface area contributed by atoms with E-state index >= 15 is 0 Å². The highest BCUT2D eigenvalue weighted by molar-refractivity contribution is 7.96. The van der Waals surface area contributed by atoms with Gasteiger partial charge in [-0.2, -0.15) is 8.78 Å². The van der Waals surface area contributed by atoms with Crippen molar-refractivity contribution in [1.29, 1.82) is 0 Å². The third-order valence-corrected chi connectivity index (χ3v) is 9.02. The lowest BCUT2D eigenvalue weighted by atomic mass is 10.0. The van der Waals surface area contributed by atoms with Crippen LogP contribution >= 0.6 is 0 Å². The molecule has 1 aliphatic carbocycles. The lowest BCUT2D eigenvalue weighted by Crippen LogP contribution is -2.40. The van der Waals surface area contributed by atoms with E-state index in [2.05, 4.69) is 60.7 Å². The van der Waals surface area contributed by atoms with E-state index in [1.807, 2.05) is 0 Å². The number of halogens is 3. The number of aliphatic hydroxyl groups is 1. The van der Waals surface area contributed by atoms with Crippen LogP contribution in [0.2, 0.25) is 0 Å². The molecule has 0 bridgehead atoms. The molecule has 2 aromatic rings. The van der Waals surface area contributed by atoms with Crippen LogP contribution in [-0.4, -0.2) is 41.4 Å². The van der Waals surface area contributed by atoms with E-state index in [4.69, 9.17) is 5.11 Å². The summed E-state index contributed by atoms with van der Waals surface area (Å²) in [5.74, 6) is 2.53.